The molecule has 108 valence electrons. The van der Waals surface area contributed by atoms with Gasteiger partial charge in [-0.1, -0.05) is 42.5 Å². The number of benzene rings is 2. The van der Waals surface area contributed by atoms with Gasteiger partial charge in [0.15, 0.2) is 22.5 Å². The molecule has 0 atom stereocenters. The van der Waals surface area contributed by atoms with Gasteiger partial charge in [-0.15, -0.1) is 0 Å². The third kappa shape index (κ3) is 3.34. The Morgan fingerprint density at radius 3 is 2.50 bits per heavy atom. The molecule has 0 unspecified atom stereocenters. The largest absolute Gasteiger partial charge is 0.441 e. The van der Waals surface area contributed by atoms with Crippen LogP contribution in [0.15, 0.2) is 70.3 Å². The molecule has 0 aliphatic carbocycles. The van der Waals surface area contributed by atoms with E-state index in [-0.39, 0.29) is 0 Å². The first-order valence-electron chi connectivity index (χ1n) is 7.02. The van der Waals surface area contributed by atoms with Crippen molar-refractivity contribution in [3.05, 3.63) is 72.2 Å². The summed E-state index contributed by atoms with van der Waals surface area (Å²) >= 11 is 0. The molecule has 0 aliphatic rings. The Kier molecular flexibility index (Phi) is 4.18. The van der Waals surface area contributed by atoms with E-state index in [4.69, 9.17) is 9.95 Å². The highest BCUT2D eigenvalue weighted by molar-refractivity contribution is 5.55. The van der Waals surface area contributed by atoms with Crippen molar-refractivity contribution in [2.45, 2.75) is 12.8 Å². The first-order chi connectivity index (χ1) is 10.8. The molecular weight excluding hydrogens is 276 g/mol. The first-order valence-corrected chi connectivity index (χ1v) is 7.02. The molecule has 5 heteroatoms. The molecule has 22 heavy (non-hydrogen) atoms. The number of aromatic nitrogens is 1. The second kappa shape index (κ2) is 6.61. The average Bonchev–Trinajstić information content (AvgIpc) is 3.04. The standard InChI is InChI=1S/C17H15N4O/c18-21-20-15-9-6-13(7-10-15)8-11-17-19-12-16(22-17)14-4-2-1-3-5-14/h1-7,9-10,12,18H,8,11H2/q+1. The van der Waals surface area contributed by atoms with Gasteiger partial charge in [-0.05, 0) is 24.1 Å². The van der Waals surface area contributed by atoms with Gasteiger partial charge in [0.25, 0.3) is 0 Å². The molecule has 0 amide bonds. The van der Waals surface area contributed by atoms with Crippen LogP contribution < -0.4 is 4.91 Å². The number of hydrogen-bond acceptors (Lipinski definition) is 4. The van der Waals surface area contributed by atoms with Crippen LogP contribution in [0.25, 0.3) is 11.3 Å². The Balaban J connectivity index is 1.64. The van der Waals surface area contributed by atoms with Crippen LogP contribution in [0.4, 0.5) is 5.69 Å². The van der Waals surface area contributed by atoms with E-state index in [9.17, 15) is 0 Å². The second-order valence-corrected chi connectivity index (χ2v) is 4.85. The van der Waals surface area contributed by atoms with Gasteiger partial charge in [0.05, 0.1) is 6.20 Å². The molecule has 3 rings (SSSR count). The molecule has 5 nitrogen and oxygen atoms in total. The van der Waals surface area contributed by atoms with Gasteiger partial charge in [0, 0.05) is 12.0 Å². The van der Waals surface area contributed by atoms with Crippen molar-refractivity contribution in [1.82, 2.24) is 9.90 Å². The van der Waals surface area contributed by atoms with Gasteiger partial charge in [-0.25, -0.2) is 4.98 Å². The number of aryl methyl sites for hydroxylation is 2. The molecule has 2 aromatic carbocycles. The van der Waals surface area contributed by atoms with Crippen LogP contribution in [-0.4, -0.2) is 4.98 Å². The minimum atomic E-state index is 0.682. The van der Waals surface area contributed by atoms with E-state index in [0.717, 1.165) is 30.1 Å². The molecule has 0 saturated heterocycles. The topological polar surface area (TPSA) is 76.3 Å². The summed E-state index contributed by atoms with van der Waals surface area (Å²) in [5, 5.41) is 3.66. The highest BCUT2D eigenvalue weighted by Crippen LogP contribution is 2.20. The molecule has 3 aromatic rings. The summed E-state index contributed by atoms with van der Waals surface area (Å²) in [4.78, 5) is 7.34. The predicted molar refractivity (Wildman–Crippen MR) is 82.7 cm³/mol. The minimum absolute atomic E-state index is 0.682. The number of nitrogens with zero attached hydrogens (tertiary/aromatic N) is 3. The molecule has 0 spiro atoms. The van der Waals surface area contributed by atoms with Crippen LogP contribution in [0.5, 0.6) is 0 Å². The lowest BCUT2D eigenvalue weighted by Crippen LogP contribution is -1.90. The molecule has 0 bridgehead atoms. The van der Waals surface area contributed by atoms with Gasteiger partial charge in [-0.3, -0.25) is 0 Å². The number of oxazole rings is 1. The van der Waals surface area contributed by atoms with Crippen molar-refractivity contribution >= 4 is 5.69 Å². The predicted octanol–water partition coefficient (Wildman–Crippen LogP) is 4.31. The first kappa shape index (κ1) is 13.9. The molecule has 0 aliphatic heterocycles. The summed E-state index contributed by atoms with van der Waals surface area (Å²) in [6, 6.07) is 17.6. The maximum absolute atomic E-state index is 6.70. The summed E-state index contributed by atoms with van der Waals surface area (Å²) in [6.07, 6.45) is 3.35. The van der Waals surface area contributed by atoms with E-state index in [1.807, 2.05) is 54.6 Å². The van der Waals surface area contributed by atoms with E-state index in [1.165, 1.54) is 5.56 Å². The van der Waals surface area contributed by atoms with Gasteiger partial charge in [0.2, 0.25) is 4.91 Å². The molecule has 1 aromatic heterocycles. The lowest BCUT2D eigenvalue weighted by molar-refractivity contribution is 0.505. The van der Waals surface area contributed by atoms with Crippen molar-refractivity contribution in [3.8, 4) is 11.3 Å². The third-order valence-corrected chi connectivity index (χ3v) is 3.34. The zero-order valence-corrected chi connectivity index (χ0v) is 11.9. The Bertz CT molecular complexity index is 787. The lowest BCUT2D eigenvalue weighted by atomic mass is 10.1. The minimum Gasteiger partial charge on any atom is -0.441 e. The van der Waals surface area contributed by atoms with Crippen molar-refractivity contribution in [2.24, 2.45) is 5.11 Å². The van der Waals surface area contributed by atoms with Gasteiger partial charge in [0.1, 0.15) is 5.53 Å². The maximum Gasteiger partial charge on any atom is 0.220 e. The Morgan fingerprint density at radius 1 is 1.00 bits per heavy atom. The van der Waals surface area contributed by atoms with Gasteiger partial charge >= 0.3 is 0 Å². The van der Waals surface area contributed by atoms with Gasteiger partial charge < -0.3 is 4.42 Å². The fourth-order valence-corrected chi connectivity index (χ4v) is 2.20. The van der Waals surface area contributed by atoms with Crippen molar-refractivity contribution in [1.29, 1.82) is 5.53 Å². The Labute approximate surface area is 127 Å². The van der Waals surface area contributed by atoms with Crippen LogP contribution in [-0.2, 0) is 12.8 Å². The SMILES string of the molecule is N=[N+]=Nc1ccc(CCc2ncc(-c3ccccc3)o2)cc1. The van der Waals surface area contributed by atoms with Crippen LogP contribution in [0.3, 0.4) is 0 Å². The lowest BCUT2D eigenvalue weighted by Gasteiger charge is -1.98. The highest BCUT2D eigenvalue weighted by Gasteiger charge is 2.06. The van der Waals surface area contributed by atoms with E-state index in [2.05, 4.69) is 15.0 Å². The summed E-state index contributed by atoms with van der Waals surface area (Å²) in [5.41, 5.74) is 9.58. The molecule has 0 radical (unpaired) electrons. The smallest absolute Gasteiger partial charge is 0.220 e. The molecule has 1 N–H and O–H groups in total. The maximum atomic E-state index is 6.70. The highest BCUT2D eigenvalue weighted by atomic mass is 16.4. The van der Waals surface area contributed by atoms with Crippen molar-refractivity contribution < 1.29 is 4.42 Å². The summed E-state index contributed by atoms with van der Waals surface area (Å²) in [7, 11) is 0. The third-order valence-electron chi connectivity index (χ3n) is 3.34. The van der Waals surface area contributed by atoms with Crippen LogP contribution >= 0.6 is 0 Å². The summed E-state index contributed by atoms with van der Waals surface area (Å²) in [6.45, 7) is 0. The van der Waals surface area contributed by atoms with Crippen LogP contribution in [0, 0.1) is 5.53 Å². The summed E-state index contributed by atoms with van der Waals surface area (Å²) in [5.74, 6) is 1.52. The van der Waals surface area contributed by atoms with E-state index in [1.54, 1.807) is 6.20 Å². The van der Waals surface area contributed by atoms with Crippen LogP contribution in [0.1, 0.15) is 11.5 Å². The van der Waals surface area contributed by atoms with Crippen LogP contribution in [0.2, 0.25) is 0 Å². The quantitative estimate of drug-likeness (QED) is 0.561. The van der Waals surface area contributed by atoms with Crippen molar-refractivity contribution in [3.63, 3.8) is 0 Å². The average molecular weight is 291 g/mol. The second-order valence-electron chi connectivity index (χ2n) is 4.85. The number of rotatable bonds is 5. The Morgan fingerprint density at radius 2 is 1.77 bits per heavy atom. The molecule has 0 saturated carbocycles. The number of nitrogens with one attached hydrogen (secondary N) is 1. The summed E-state index contributed by atoms with van der Waals surface area (Å²) < 4.78 is 5.78. The normalized spacial score (nSPS) is 10.2. The van der Waals surface area contributed by atoms with Crippen molar-refractivity contribution in [2.75, 3.05) is 0 Å². The zero-order chi connectivity index (χ0) is 15.2. The fourth-order valence-electron chi connectivity index (χ4n) is 2.20. The molecule has 1 heterocycles. The molecule has 0 fully saturated rings. The van der Waals surface area contributed by atoms with Gasteiger partial charge in [-0.2, -0.15) is 0 Å². The molecular formula is C17H15N4O+. The number of hydrogen-bond donors (Lipinski definition) is 1. The van der Waals surface area contributed by atoms with E-state index >= 15 is 0 Å². The zero-order valence-electron chi connectivity index (χ0n) is 11.9. The monoisotopic (exact) mass is 291 g/mol. The fraction of sp³-hybridized carbons (Fsp3) is 0.118. The van der Waals surface area contributed by atoms with E-state index in [0.29, 0.717) is 5.69 Å². The van der Waals surface area contributed by atoms with E-state index < -0.39 is 0 Å². The Hall–Kier alpha value is -3.04.